The Morgan fingerprint density at radius 1 is 1.17 bits per heavy atom. The summed E-state index contributed by atoms with van der Waals surface area (Å²) in [6, 6.07) is 6.92. The Morgan fingerprint density at radius 3 is 2.50 bits per heavy atom. The summed E-state index contributed by atoms with van der Waals surface area (Å²) in [5, 5.41) is 0.144. The number of anilines is 1. The van der Waals surface area contributed by atoms with Crippen molar-refractivity contribution < 1.29 is 32.2 Å². The Labute approximate surface area is 291 Å². The van der Waals surface area contributed by atoms with E-state index >= 15 is 0 Å². The van der Waals surface area contributed by atoms with E-state index < -0.39 is 35.9 Å². The summed E-state index contributed by atoms with van der Waals surface area (Å²) in [5.74, 6) is 0.254. The van der Waals surface area contributed by atoms with Gasteiger partial charge in [0.2, 0.25) is 5.69 Å². The van der Waals surface area contributed by atoms with Gasteiger partial charge in [0.25, 0.3) is 0 Å². The maximum atomic E-state index is 13.4. The number of nitrogens with zero attached hydrogens (tertiary/aromatic N) is 5. The topological polar surface area (TPSA) is 89.2 Å². The molecule has 0 bridgehead atoms. The van der Waals surface area contributed by atoms with E-state index in [0.717, 1.165) is 55.7 Å². The lowest BCUT2D eigenvalue weighted by Gasteiger charge is -2.36. The number of carbonyl (C=O) groups is 2. The molecule has 14 heteroatoms. The van der Waals surface area contributed by atoms with Crippen LogP contribution < -0.4 is 4.90 Å². The second-order valence-electron chi connectivity index (χ2n) is 11.7. The van der Waals surface area contributed by atoms with E-state index in [1.807, 2.05) is 0 Å². The summed E-state index contributed by atoms with van der Waals surface area (Å²) >= 11 is 8.80. The van der Waals surface area contributed by atoms with E-state index in [-0.39, 0.29) is 17.3 Å². The van der Waals surface area contributed by atoms with Crippen molar-refractivity contribution >= 4 is 51.1 Å². The fourth-order valence-electron chi connectivity index (χ4n) is 6.06. The molecule has 2 aromatic heterocycles. The van der Waals surface area contributed by atoms with Crippen LogP contribution in [-0.2, 0) is 22.2 Å². The smallest absolute Gasteiger partial charge is 0.416 e. The van der Waals surface area contributed by atoms with Gasteiger partial charge in [0.15, 0.2) is 0 Å². The van der Waals surface area contributed by atoms with Crippen molar-refractivity contribution in [3.8, 4) is 0 Å². The lowest BCUT2D eigenvalue weighted by atomic mass is 9.94. The van der Waals surface area contributed by atoms with E-state index in [2.05, 4.69) is 47.3 Å². The molecule has 0 unspecified atom stereocenters. The van der Waals surface area contributed by atoms with Gasteiger partial charge in [-0.3, -0.25) is 9.88 Å². The summed E-state index contributed by atoms with van der Waals surface area (Å²) in [7, 11) is 1.29. The van der Waals surface area contributed by atoms with Crippen LogP contribution >= 0.6 is 27.5 Å². The summed E-state index contributed by atoms with van der Waals surface area (Å²) in [4.78, 5) is 39.6. The number of pyridine rings is 2. The number of cyclic esters (lactones) is 1. The molecule has 1 amide bonds. The molecular formula is C34H36BrClF3N5O4. The molecule has 1 aromatic carbocycles. The molecule has 48 heavy (non-hydrogen) atoms. The Hall–Kier alpha value is -3.89. The largest absolute Gasteiger partial charge is 0.465 e. The number of methoxy groups -OCH3 is 1. The van der Waals surface area contributed by atoms with Gasteiger partial charge in [0.05, 0.1) is 37.4 Å². The maximum absolute atomic E-state index is 13.4. The minimum atomic E-state index is -4.49. The average Bonchev–Trinajstić information content (AvgIpc) is 3.35. The lowest BCUT2D eigenvalue weighted by molar-refractivity contribution is -0.137. The van der Waals surface area contributed by atoms with Crippen molar-refractivity contribution in [2.45, 2.75) is 83.8 Å². The molecule has 1 aliphatic heterocycles. The van der Waals surface area contributed by atoms with Gasteiger partial charge in [0.1, 0.15) is 17.1 Å². The summed E-state index contributed by atoms with van der Waals surface area (Å²) in [6.07, 6.45) is 2.81. The third-order valence-electron chi connectivity index (χ3n) is 8.39. The highest BCUT2D eigenvalue weighted by molar-refractivity contribution is 9.10. The minimum absolute atomic E-state index is 0.144. The Morgan fingerprint density at radius 2 is 1.88 bits per heavy atom. The monoisotopic (exact) mass is 749 g/mol. The van der Waals surface area contributed by atoms with Crippen molar-refractivity contribution in [2.24, 2.45) is 0 Å². The number of aryl methyl sites for hydroxylation is 1. The minimum Gasteiger partial charge on any atom is -0.465 e. The Kier molecular flexibility index (Phi) is 12.3. The highest BCUT2D eigenvalue weighted by Gasteiger charge is 2.41. The van der Waals surface area contributed by atoms with Crippen LogP contribution in [0.5, 0.6) is 0 Å². The van der Waals surface area contributed by atoms with E-state index in [0.29, 0.717) is 27.3 Å². The number of alkyl halides is 3. The van der Waals surface area contributed by atoms with Crippen LogP contribution in [0.1, 0.15) is 84.7 Å². The molecule has 256 valence electrons. The van der Waals surface area contributed by atoms with Gasteiger partial charge < -0.3 is 14.4 Å². The number of benzene rings is 1. The number of carbonyl (C=O) groups excluding carboxylic acids is 2. The van der Waals surface area contributed by atoms with Gasteiger partial charge in [-0.25, -0.2) is 19.4 Å². The molecule has 2 atom stereocenters. The molecule has 1 aliphatic carbocycles. The SMILES string of the molecule is COC(=O)c1cc(Br)cnc1Cl.[C-]#[N+]c1cnc(N(CC)C2CCCCC2)c(CN2C(=O)O[C@H](c3cc(C)cc(C(F)(F)F)c3)[C@@H]2C)c1. The molecule has 0 spiro atoms. The van der Waals surface area contributed by atoms with Crippen molar-refractivity contribution in [1.29, 1.82) is 0 Å². The van der Waals surface area contributed by atoms with Crippen LogP contribution in [0.4, 0.5) is 29.5 Å². The quantitative estimate of drug-likeness (QED) is 0.135. The molecule has 2 fully saturated rings. The second-order valence-corrected chi connectivity index (χ2v) is 12.9. The van der Waals surface area contributed by atoms with Crippen molar-refractivity contribution in [3.05, 3.63) is 91.6 Å². The second kappa shape index (κ2) is 16.0. The first-order valence-electron chi connectivity index (χ1n) is 15.5. The highest BCUT2D eigenvalue weighted by atomic mass is 79.9. The van der Waals surface area contributed by atoms with Crippen LogP contribution in [0, 0.1) is 13.5 Å². The summed E-state index contributed by atoms with van der Waals surface area (Å²) < 4.78 is 51.0. The molecule has 2 aliphatic rings. The normalized spacial score (nSPS) is 18.0. The van der Waals surface area contributed by atoms with E-state index in [9.17, 15) is 22.8 Å². The first-order valence-corrected chi connectivity index (χ1v) is 16.6. The number of amides is 1. The molecule has 3 heterocycles. The van der Waals surface area contributed by atoms with Gasteiger partial charge in [-0.05, 0) is 79.4 Å². The highest BCUT2D eigenvalue weighted by Crippen LogP contribution is 2.39. The molecule has 5 rings (SSSR count). The zero-order valence-electron chi connectivity index (χ0n) is 27.0. The first-order chi connectivity index (χ1) is 22.8. The maximum Gasteiger partial charge on any atom is 0.416 e. The number of aromatic nitrogens is 2. The lowest BCUT2D eigenvalue weighted by Crippen LogP contribution is -2.39. The zero-order valence-corrected chi connectivity index (χ0v) is 29.3. The zero-order chi connectivity index (χ0) is 35.2. The van der Waals surface area contributed by atoms with Crippen LogP contribution in [0.25, 0.3) is 4.85 Å². The standard InChI is InChI=1S/C27H31F3N4O2.C7H5BrClNO2/c1-5-33(23-9-7-6-8-10-23)25-20(14-22(31-4)15-32-25)16-34-18(3)24(36-26(34)35)19-11-17(2)12-21(13-19)27(28,29)30;1-12-7(11)5-2-4(8)3-10-6(5)9/h11-15,18,23-24H,5-10,16H2,1-3H3;2-3H,1H3/t18-,24-;/m0./s1. The average molecular weight is 751 g/mol. The number of esters is 1. The number of ether oxygens (including phenoxy) is 2. The summed E-state index contributed by atoms with van der Waals surface area (Å²) in [6.45, 7) is 13.8. The van der Waals surface area contributed by atoms with Crippen molar-refractivity contribution in [2.75, 3.05) is 18.6 Å². The molecule has 1 saturated heterocycles. The Balaban J connectivity index is 0.000000365. The van der Waals surface area contributed by atoms with Gasteiger partial charge in [-0.1, -0.05) is 42.5 Å². The van der Waals surface area contributed by atoms with Crippen LogP contribution in [0.15, 0.2) is 47.2 Å². The van der Waals surface area contributed by atoms with Gasteiger partial charge >= 0.3 is 18.2 Å². The fourth-order valence-corrected chi connectivity index (χ4v) is 6.57. The van der Waals surface area contributed by atoms with Crippen LogP contribution in [0.2, 0.25) is 5.15 Å². The third-order valence-corrected chi connectivity index (χ3v) is 9.12. The van der Waals surface area contributed by atoms with E-state index in [1.165, 1.54) is 24.6 Å². The number of hydrogen-bond donors (Lipinski definition) is 0. The Bertz CT molecular complexity index is 1680. The van der Waals surface area contributed by atoms with Gasteiger partial charge in [0, 0.05) is 35.0 Å². The molecular weight excluding hydrogens is 715 g/mol. The molecule has 1 saturated carbocycles. The van der Waals surface area contributed by atoms with Gasteiger partial charge in [-0.2, -0.15) is 13.2 Å². The predicted molar refractivity (Wildman–Crippen MR) is 179 cm³/mol. The van der Waals surface area contributed by atoms with E-state index in [1.54, 1.807) is 38.2 Å². The molecule has 0 N–H and O–H groups in total. The van der Waals surface area contributed by atoms with E-state index in [4.69, 9.17) is 22.9 Å². The summed E-state index contributed by atoms with van der Waals surface area (Å²) in [5.41, 5.74) is 1.37. The number of rotatable bonds is 7. The van der Waals surface area contributed by atoms with Gasteiger partial charge in [-0.15, -0.1) is 0 Å². The van der Waals surface area contributed by atoms with Crippen molar-refractivity contribution in [1.82, 2.24) is 14.9 Å². The predicted octanol–water partition coefficient (Wildman–Crippen LogP) is 9.48. The number of hydrogen-bond acceptors (Lipinski definition) is 7. The van der Waals surface area contributed by atoms with Crippen molar-refractivity contribution in [3.63, 3.8) is 0 Å². The van der Waals surface area contributed by atoms with Crippen LogP contribution in [0.3, 0.4) is 0 Å². The third kappa shape index (κ3) is 8.76. The fraction of sp³-hybridized carbons (Fsp3) is 0.441. The van der Waals surface area contributed by atoms with Crippen LogP contribution in [-0.4, -0.2) is 52.7 Å². The number of halogens is 5. The molecule has 9 nitrogen and oxygen atoms in total. The first kappa shape index (κ1) is 36.9. The molecule has 3 aromatic rings. The molecule has 0 radical (unpaired) electrons.